The number of carbonyl (C=O) groups excluding carboxylic acids is 1. The smallest absolute Gasteiger partial charge is 0.264 e. The molecule has 28 heavy (non-hydrogen) atoms. The predicted octanol–water partition coefficient (Wildman–Crippen LogP) is 2.86. The Labute approximate surface area is 171 Å². The quantitative estimate of drug-likeness (QED) is 0.226. The Hall–Kier alpha value is -2.85. The topological polar surface area (TPSA) is 110 Å². The number of thioether (sulfide) groups is 1. The third-order valence-electron chi connectivity index (χ3n) is 3.88. The summed E-state index contributed by atoms with van der Waals surface area (Å²) in [5.41, 5.74) is 4.68. The number of hydrazone groups is 1. The van der Waals surface area contributed by atoms with Crippen LogP contribution in [-0.4, -0.2) is 32.2 Å². The fourth-order valence-corrected chi connectivity index (χ4v) is 3.71. The van der Waals surface area contributed by atoms with Gasteiger partial charge < -0.3 is 11.2 Å². The summed E-state index contributed by atoms with van der Waals surface area (Å²) in [4.78, 5) is 13.2. The third-order valence-corrected chi connectivity index (χ3v) is 5.80. The van der Waals surface area contributed by atoms with E-state index in [4.69, 9.17) is 5.84 Å². The number of nitrogens with zero attached hydrogens (tertiary/aromatic N) is 4. The lowest BCUT2D eigenvalue weighted by molar-refractivity contribution is -0.119. The average molecular weight is 416 g/mol. The van der Waals surface area contributed by atoms with E-state index in [1.165, 1.54) is 16.4 Å². The Balaban J connectivity index is 1.53. The van der Waals surface area contributed by atoms with Crippen LogP contribution in [0.25, 0.3) is 0 Å². The molecule has 0 radical (unpaired) electrons. The highest BCUT2D eigenvalue weighted by Crippen LogP contribution is 2.18. The van der Waals surface area contributed by atoms with Gasteiger partial charge in [-0.2, -0.15) is 5.10 Å². The number of nitrogen functional groups attached to an aromatic ring is 1. The zero-order chi connectivity index (χ0) is 19.9. The molecule has 3 rings (SSSR count). The summed E-state index contributed by atoms with van der Waals surface area (Å²) >= 11 is 2.81. The molecule has 3 aromatic rings. The summed E-state index contributed by atoms with van der Waals surface area (Å²) in [6.45, 7) is 3.84. The van der Waals surface area contributed by atoms with Crippen molar-refractivity contribution in [2.24, 2.45) is 5.10 Å². The van der Waals surface area contributed by atoms with Gasteiger partial charge in [0, 0.05) is 4.88 Å². The second-order valence-corrected chi connectivity index (χ2v) is 7.84. The van der Waals surface area contributed by atoms with Gasteiger partial charge in [-0.25, -0.2) is 10.1 Å². The molecule has 0 fully saturated rings. The minimum atomic E-state index is -0.106. The van der Waals surface area contributed by atoms with Gasteiger partial charge in [0.05, 0.1) is 17.5 Å². The summed E-state index contributed by atoms with van der Waals surface area (Å²) in [5.74, 6) is 6.38. The van der Waals surface area contributed by atoms with E-state index in [-0.39, 0.29) is 17.7 Å². The molecule has 8 nitrogen and oxygen atoms in total. The molecule has 0 aliphatic heterocycles. The minimum absolute atomic E-state index is 0.0724. The normalized spacial score (nSPS) is 12.6. The monoisotopic (exact) mass is 415 g/mol. The number of amides is 1. The number of rotatable bonds is 8. The third kappa shape index (κ3) is 5.11. The lowest BCUT2D eigenvalue weighted by Crippen LogP contribution is -2.28. The standard InChI is InChI=1S/C18H21N7OS2/c1-12(14-7-4-3-5-8-14)20-16(26)11-28-18-24-23-17(25(18)19)22-21-13(2)15-9-6-10-27-15/h3-10,12H,11,19H2,1-2H3,(H,20,26)(H,22,23)/b21-13+. The molecule has 2 heterocycles. The van der Waals surface area contributed by atoms with Gasteiger partial charge in [0.1, 0.15) is 0 Å². The van der Waals surface area contributed by atoms with Crippen molar-refractivity contribution in [2.45, 2.75) is 25.0 Å². The number of nitrogens with one attached hydrogen (secondary N) is 2. The van der Waals surface area contributed by atoms with Gasteiger partial charge in [0.15, 0.2) is 0 Å². The molecule has 1 aromatic carbocycles. The Kier molecular flexibility index (Phi) is 6.66. The molecule has 0 saturated carbocycles. The fraction of sp³-hybridized carbons (Fsp3) is 0.222. The predicted molar refractivity (Wildman–Crippen MR) is 114 cm³/mol. The molecule has 1 unspecified atom stereocenters. The molecule has 4 N–H and O–H groups in total. The zero-order valence-electron chi connectivity index (χ0n) is 15.5. The van der Waals surface area contributed by atoms with Gasteiger partial charge in [-0.05, 0) is 30.9 Å². The Morgan fingerprint density at radius 2 is 2.07 bits per heavy atom. The van der Waals surface area contributed by atoms with Gasteiger partial charge in [0.25, 0.3) is 5.95 Å². The highest BCUT2D eigenvalue weighted by atomic mass is 32.2. The Bertz CT molecular complexity index is 938. The summed E-state index contributed by atoms with van der Waals surface area (Å²) in [7, 11) is 0. The molecule has 10 heteroatoms. The maximum atomic E-state index is 12.2. The maximum Gasteiger partial charge on any atom is 0.264 e. The van der Waals surface area contributed by atoms with Crippen molar-refractivity contribution in [3.05, 3.63) is 58.3 Å². The van der Waals surface area contributed by atoms with Crippen LogP contribution in [0, 0.1) is 0 Å². The van der Waals surface area contributed by atoms with Crippen molar-refractivity contribution < 1.29 is 4.79 Å². The van der Waals surface area contributed by atoms with Gasteiger partial charge in [0.2, 0.25) is 11.1 Å². The van der Waals surface area contributed by atoms with Crippen molar-refractivity contribution in [3.63, 3.8) is 0 Å². The van der Waals surface area contributed by atoms with Crippen LogP contribution >= 0.6 is 23.1 Å². The molecule has 0 bridgehead atoms. The number of anilines is 1. The van der Waals surface area contributed by atoms with Crippen LogP contribution in [0.2, 0.25) is 0 Å². The van der Waals surface area contributed by atoms with E-state index >= 15 is 0 Å². The van der Waals surface area contributed by atoms with Crippen LogP contribution in [0.3, 0.4) is 0 Å². The zero-order valence-corrected chi connectivity index (χ0v) is 17.1. The first-order chi connectivity index (χ1) is 13.5. The number of thiophene rings is 1. The van der Waals surface area contributed by atoms with Gasteiger partial charge >= 0.3 is 0 Å². The molecule has 0 aliphatic carbocycles. The van der Waals surface area contributed by atoms with E-state index < -0.39 is 0 Å². The molecule has 1 atom stereocenters. The van der Waals surface area contributed by atoms with Gasteiger partial charge in [-0.3, -0.25) is 4.79 Å². The van der Waals surface area contributed by atoms with Crippen LogP contribution in [-0.2, 0) is 4.79 Å². The number of nitrogens with two attached hydrogens (primary N) is 1. The summed E-state index contributed by atoms with van der Waals surface area (Å²) in [6.07, 6.45) is 0. The molecule has 2 aromatic heterocycles. The highest BCUT2D eigenvalue weighted by molar-refractivity contribution is 7.99. The van der Waals surface area contributed by atoms with Crippen LogP contribution in [0.4, 0.5) is 5.95 Å². The number of aromatic nitrogens is 3. The van der Waals surface area contributed by atoms with Crippen molar-refractivity contribution in [1.82, 2.24) is 20.2 Å². The fourth-order valence-electron chi connectivity index (χ4n) is 2.36. The second-order valence-electron chi connectivity index (χ2n) is 5.95. The average Bonchev–Trinajstić information content (AvgIpc) is 3.36. The van der Waals surface area contributed by atoms with E-state index in [1.807, 2.05) is 61.7 Å². The van der Waals surface area contributed by atoms with E-state index in [2.05, 4.69) is 26.0 Å². The first-order valence-corrected chi connectivity index (χ1v) is 10.4. The SMILES string of the molecule is C/C(=N\Nc1nnc(SCC(=O)NC(C)c2ccccc2)n1N)c1cccs1. The van der Waals surface area contributed by atoms with Crippen molar-refractivity contribution >= 4 is 40.7 Å². The molecule has 0 aliphatic rings. The van der Waals surface area contributed by atoms with Crippen LogP contribution in [0.5, 0.6) is 0 Å². The van der Waals surface area contributed by atoms with Crippen molar-refractivity contribution in [3.8, 4) is 0 Å². The molecular weight excluding hydrogens is 394 g/mol. The molecule has 0 spiro atoms. The highest BCUT2D eigenvalue weighted by Gasteiger charge is 2.14. The van der Waals surface area contributed by atoms with Crippen molar-refractivity contribution in [2.75, 3.05) is 17.0 Å². The maximum absolute atomic E-state index is 12.2. The molecule has 1 amide bonds. The Morgan fingerprint density at radius 1 is 1.29 bits per heavy atom. The number of carbonyl (C=O) groups is 1. The van der Waals surface area contributed by atoms with Crippen LogP contribution in [0.1, 0.15) is 30.3 Å². The summed E-state index contributed by atoms with van der Waals surface area (Å²) in [5, 5.41) is 17.6. The van der Waals surface area contributed by atoms with Crippen LogP contribution < -0.4 is 16.6 Å². The van der Waals surface area contributed by atoms with E-state index in [9.17, 15) is 4.79 Å². The largest absolute Gasteiger partial charge is 0.349 e. The first kappa shape index (κ1) is 19.9. The summed E-state index contributed by atoms with van der Waals surface area (Å²) in [6, 6.07) is 13.7. The summed E-state index contributed by atoms with van der Waals surface area (Å²) < 4.78 is 1.28. The molecular formula is C18H21N7OS2. The number of benzene rings is 1. The second kappa shape index (κ2) is 9.38. The number of hydrogen-bond acceptors (Lipinski definition) is 8. The lowest BCUT2D eigenvalue weighted by atomic mass is 10.1. The number of hydrogen-bond donors (Lipinski definition) is 3. The van der Waals surface area contributed by atoms with E-state index in [0.29, 0.717) is 11.1 Å². The molecule has 146 valence electrons. The lowest BCUT2D eigenvalue weighted by Gasteiger charge is -2.13. The van der Waals surface area contributed by atoms with Gasteiger partial charge in [-0.15, -0.1) is 21.5 Å². The van der Waals surface area contributed by atoms with Gasteiger partial charge in [-0.1, -0.05) is 48.2 Å². The van der Waals surface area contributed by atoms with Crippen molar-refractivity contribution in [1.29, 1.82) is 0 Å². The minimum Gasteiger partial charge on any atom is -0.349 e. The van der Waals surface area contributed by atoms with Crippen LogP contribution in [0.15, 0.2) is 58.1 Å². The first-order valence-electron chi connectivity index (χ1n) is 8.56. The van der Waals surface area contributed by atoms with E-state index in [1.54, 1.807) is 11.3 Å². The molecule has 0 saturated heterocycles. The Morgan fingerprint density at radius 3 is 2.79 bits per heavy atom. The van der Waals surface area contributed by atoms with E-state index in [0.717, 1.165) is 16.2 Å².